The Hall–Kier alpha value is -4.37. The van der Waals surface area contributed by atoms with Gasteiger partial charge in [0.25, 0.3) is 17.5 Å². The molecule has 1 heterocycles. The number of imide groups is 2. The van der Waals surface area contributed by atoms with E-state index in [0.29, 0.717) is 27.5 Å². The predicted octanol–water partition coefficient (Wildman–Crippen LogP) is 4.64. The number of nitro groups is 1. The SMILES string of the molecule is O=C1NC(=O)N(c2cccc([N+](=O)[O-])c2)C(=O)/C1=C/c1ccc(Cc2cccc(F)c2)c(Cl)c1. The van der Waals surface area contributed by atoms with Crippen LogP contribution >= 0.6 is 11.6 Å². The van der Waals surface area contributed by atoms with Gasteiger partial charge in [-0.25, -0.2) is 14.1 Å². The molecule has 3 aromatic carbocycles. The van der Waals surface area contributed by atoms with Gasteiger partial charge in [0, 0.05) is 17.2 Å². The van der Waals surface area contributed by atoms with Crippen molar-refractivity contribution in [2.45, 2.75) is 6.42 Å². The number of hydrogen-bond acceptors (Lipinski definition) is 5. The molecule has 1 fully saturated rings. The maximum absolute atomic E-state index is 13.4. The quantitative estimate of drug-likeness (QED) is 0.248. The smallest absolute Gasteiger partial charge is 0.273 e. The summed E-state index contributed by atoms with van der Waals surface area (Å²) in [7, 11) is 0. The molecule has 34 heavy (non-hydrogen) atoms. The van der Waals surface area contributed by atoms with Crippen molar-refractivity contribution in [2.75, 3.05) is 4.90 Å². The van der Waals surface area contributed by atoms with Crippen LogP contribution in [0.4, 0.5) is 20.6 Å². The van der Waals surface area contributed by atoms with Crippen molar-refractivity contribution in [3.63, 3.8) is 0 Å². The van der Waals surface area contributed by atoms with E-state index in [2.05, 4.69) is 5.32 Å². The number of hydrogen-bond donors (Lipinski definition) is 1. The van der Waals surface area contributed by atoms with Crippen LogP contribution in [0.1, 0.15) is 16.7 Å². The molecule has 10 heteroatoms. The number of halogens is 2. The van der Waals surface area contributed by atoms with Crippen molar-refractivity contribution in [2.24, 2.45) is 0 Å². The van der Waals surface area contributed by atoms with Crippen LogP contribution in [0.3, 0.4) is 0 Å². The summed E-state index contributed by atoms with van der Waals surface area (Å²) in [4.78, 5) is 48.7. The molecule has 4 rings (SSSR count). The van der Waals surface area contributed by atoms with Gasteiger partial charge in [-0.2, -0.15) is 0 Å². The third-order valence-electron chi connectivity index (χ3n) is 5.07. The van der Waals surface area contributed by atoms with Crippen LogP contribution in [-0.4, -0.2) is 22.8 Å². The van der Waals surface area contributed by atoms with Crippen LogP contribution in [0, 0.1) is 15.9 Å². The highest BCUT2D eigenvalue weighted by molar-refractivity contribution is 6.39. The summed E-state index contributed by atoms with van der Waals surface area (Å²) >= 11 is 6.37. The standard InChI is InChI=1S/C24H15ClFN3O5/c25-21-12-15(7-8-16(21)9-14-3-1-4-17(26)10-14)11-20-22(30)27-24(32)28(23(20)31)18-5-2-6-19(13-18)29(33)34/h1-8,10-13H,9H2,(H,27,30,32)/b20-11+. The van der Waals surface area contributed by atoms with Crippen molar-refractivity contribution in [3.8, 4) is 0 Å². The number of anilines is 1. The van der Waals surface area contributed by atoms with Crippen LogP contribution in [0.2, 0.25) is 5.02 Å². The highest BCUT2D eigenvalue weighted by atomic mass is 35.5. The second-order valence-electron chi connectivity index (χ2n) is 7.39. The van der Waals surface area contributed by atoms with Gasteiger partial charge in [-0.1, -0.05) is 41.9 Å². The molecule has 4 amide bonds. The van der Waals surface area contributed by atoms with Gasteiger partial charge in [-0.3, -0.25) is 25.0 Å². The highest BCUT2D eigenvalue weighted by Crippen LogP contribution is 2.27. The van der Waals surface area contributed by atoms with Crippen LogP contribution in [0.15, 0.2) is 72.3 Å². The van der Waals surface area contributed by atoms with E-state index < -0.39 is 22.8 Å². The summed E-state index contributed by atoms with van der Waals surface area (Å²) in [6, 6.07) is 14.9. The Morgan fingerprint density at radius 2 is 1.79 bits per heavy atom. The van der Waals surface area contributed by atoms with Gasteiger partial charge in [0.15, 0.2) is 0 Å². The molecular formula is C24H15ClFN3O5. The second kappa shape index (κ2) is 9.24. The molecule has 1 N–H and O–H groups in total. The topological polar surface area (TPSA) is 110 Å². The Kier molecular flexibility index (Phi) is 6.20. The van der Waals surface area contributed by atoms with Crippen LogP contribution < -0.4 is 10.2 Å². The Labute approximate surface area is 197 Å². The molecule has 0 aliphatic carbocycles. The lowest BCUT2D eigenvalue weighted by Crippen LogP contribution is -2.54. The molecule has 0 atom stereocenters. The molecule has 1 saturated heterocycles. The number of nitro benzene ring substituents is 1. The van der Waals surface area contributed by atoms with Gasteiger partial charge < -0.3 is 0 Å². The highest BCUT2D eigenvalue weighted by Gasteiger charge is 2.37. The first-order valence-electron chi connectivity index (χ1n) is 9.92. The number of urea groups is 1. The van der Waals surface area contributed by atoms with E-state index in [4.69, 9.17) is 11.6 Å². The molecule has 0 saturated carbocycles. The first kappa shape index (κ1) is 22.8. The number of barbiturate groups is 1. The zero-order chi connectivity index (χ0) is 24.4. The molecule has 0 radical (unpaired) electrons. The number of carbonyl (C=O) groups excluding carboxylic acids is 3. The Balaban J connectivity index is 1.64. The summed E-state index contributed by atoms with van der Waals surface area (Å²) in [6.45, 7) is 0. The number of nitrogens with zero attached hydrogens (tertiary/aromatic N) is 2. The third-order valence-corrected chi connectivity index (χ3v) is 5.42. The van der Waals surface area contributed by atoms with E-state index in [1.54, 1.807) is 24.3 Å². The fourth-order valence-electron chi connectivity index (χ4n) is 3.47. The van der Waals surface area contributed by atoms with Crippen LogP contribution in [0.5, 0.6) is 0 Å². The van der Waals surface area contributed by atoms with Gasteiger partial charge in [0.2, 0.25) is 0 Å². The zero-order valence-corrected chi connectivity index (χ0v) is 18.1. The average molecular weight is 480 g/mol. The van der Waals surface area contributed by atoms with Crippen molar-refractivity contribution in [3.05, 3.63) is 110 Å². The fourth-order valence-corrected chi connectivity index (χ4v) is 3.72. The minimum absolute atomic E-state index is 0.0569. The molecule has 170 valence electrons. The van der Waals surface area contributed by atoms with Gasteiger partial charge in [-0.15, -0.1) is 0 Å². The summed E-state index contributed by atoms with van der Waals surface area (Å²) < 4.78 is 13.4. The number of carbonyl (C=O) groups is 3. The van der Waals surface area contributed by atoms with E-state index in [-0.39, 0.29) is 22.8 Å². The molecule has 8 nitrogen and oxygen atoms in total. The van der Waals surface area contributed by atoms with Gasteiger partial charge in [0.05, 0.1) is 10.6 Å². The molecule has 3 aromatic rings. The van der Waals surface area contributed by atoms with E-state index in [1.807, 2.05) is 0 Å². The monoisotopic (exact) mass is 479 g/mol. The van der Waals surface area contributed by atoms with Gasteiger partial charge >= 0.3 is 6.03 Å². The second-order valence-corrected chi connectivity index (χ2v) is 7.80. The van der Waals surface area contributed by atoms with E-state index in [9.17, 15) is 28.9 Å². The minimum atomic E-state index is -1.02. The largest absolute Gasteiger partial charge is 0.335 e. The van der Waals surface area contributed by atoms with E-state index in [0.717, 1.165) is 11.6 Å². The fraction of sp³-hybridized carbons (Fsp3) is 0.0417. The van der Waals surface area contributed by atoms with E-state index >= 15 is 0 Å². The zero-order valence-electron chi connectivity index (χ0n) is 17.3. The summed E-state index contributed by atoms with van der Waals surface area (Å²) in [5, 5.41) is 13.5. The third kappa shape index (κ3) is 4.69. The molecule has 1 aliphatic heterocycles. The van der Waals surface area contributed by atoms with Crippen molar-refractivity contribution in [1.82, 2.24) is 5.32 Å². The number of benzene rings is 3. The summed E-state index contributed by atoms with van der Waals surface area (Å²) in [5.74, 6) is -2.20. The maximum Gasteiger partial charge on any atom is 0.335 e. The molecule has 0 spiro atoms. The molecule has 1 aliphatic rings. The van der Waals surface area contributed by atoms with Crippen LogP contribution in [0.25, 0.3) is 6.08 Å². The lowest BCUT2D eigenvalue weighted by atomic mass is 10.0. The lowest BCUT2D eigenvalue weighted by molar-refractivity contribution is -0.384. The Bertz CT molecular complexity index is 1390. The summed E-state index contributed by atoms with van der Waals surface area (Å²) in [6.07, 6.45) is 1.65. The average Bonchev–Trinajstić information content (AvgIpc) is 2.78. The maximum atomic E-state index is 13.4. The normalized spacial score (nSPS) is 14.9. The molecule has 0 unspecified atom stereocenters. The number of non-ortho nitro benzene ring substituents is 1. The van der Waals surface area contributed by atoms with Crippen LogP contribution in [-0.2, 0) is 16.0 Å². The summed E-state index contributed by atoms with van der Waals surface area (Å²) in [5.41, 5.74) is 1.13. The van der Waals surface area contributed by atoms with Crippen molar-refractivity contribution in [1.29, 1.82) is 0 Å². The predicted molar refractivity (Wildman–Crippen MR) is 123 cm³/mol. The molecule has 0 bridgehead atoms. The van der Waals surface area contributed by atoms with Crippen molar-refractivity contribution < 1.29 is 23.7 Å². The Morgan fingerprint density at radius 1 is 1.03 bits per heavy atom. The number of amides is 4. The van der Waals surface area contributed by atoms with E-state index in [1.165, 1.54) is 42.5 Å². The number of nitrogens with one attached hydrogen (secondary N) is 1. The number of rotatable bonds is 5. The molecular weight excluding hydrogens is 465 g/mol. The minimum Gasteiger partial charge on any atom is -0.273 e. The Morgan fingerprint density at radius 3 is 2.50 bits per heavy atom. The molecule has 0 aromatic heterocycles. The first-order chi connectivity index (χ1) is 16.2. The van der Waals surface area contributed by atoms with Gasteiger partial charge in [-0.05, 0) is 53.5 Å². The van der Waals surface area contributed by atoms with Gasteiger partial charge in [0.1, 0.15) is 11.4 Å². The first-order valence-corrected chi connectivity index (χ1v) is 10.3. The van der Waals surface area contributed by atoms with Crippen molar-refractivity contribution >= 4 is 46.9 Å². The lowest BCUT2D eigenvalue weighted by Gasteiger charge is -2.26.